The molecule has 0 aromatic carbocycles. The summed E-state index contributed by atoms with van der Waals surface area (Å²) in [5.74, 6) is 0.904. The number of ether oxygens (including phenoxy) is 1. The van der Waals surface area contributed by atoms with Crippen molar-refractivity contribution in [1.29, 1.82) is 0 Å². The van der Waals surface area contributed by atoms with Gasteiger partial charge in [-0.05, 0) is 13.0 Å². The first-order valence-corrected chi connectivity index (χ1v) is 8.72. The smallest absolute Gasteiger partial charge is 0.286 e. The van der Waals surface area contributed by atoms with E-state index in [9.17, 15) is 10.0 Å². The molecule has 0 bridgehead atoms. The number of hydrogen-bond donors (Lipinski definition) is 2. The number of morpholine rings is 1. The molecule has 4 rings (SSSR count). The Balaban J connectivity index is 1.67. The van der Waals surface area contributed by atoms with E-state index in [0.29, 0.717) is 41.3 Å². The summed E-state index contributed by atoms with van der Waals surface area (Å²) in [6, 6.07) is 5.24. The van der Waals surface area contributed by atoms with Crippen LogP contribution in [0.1, 0.15) is 11.3 Å². The maximum absolute atomic E-state index is 12.1. The van der Waals surface area contributed by atoms with Crippen molar-refractivity contribution >= 4 is 22.5 Å². The van der Waals surface area contributed by atoms with Gasteiger partial charge in [0.1, 0.15) is 12.1 Å². The predicted molar refractivity (Wildman–Crippen MR) is 100 cm³/mol. The number of fused-ring (bicyclic) bond motifs is 1. The fourth-order valence-corrected chi connectivity index (χ4v) is 3.26. The number of rotatable bonds is 4. The third-order valence-electron chi connectivity index (χ3n) is 4.61. The minimum atomic E-state index is -0.553. The maximum atomic E-state index is 12.1. The number of nitrogens with one attached hydrogen (secondary N) is 1. The Morgan fingerprint density at radius 2 is 2.07 bits per heavy atom. The molecule has 27 heavy (non-hydrogen) atoms. The van der Waals surface area contributed by atoms with E-state index in [0.717, 1.165) is 24.5 Å². The quantitative estimate of drug-likeness (QED) is 0.662. The summed E-state index contributed by atoms with van der Waals surface area (Å²) in [5, 5.41) is 13.9. The Morgan fingerprint density at radius 1 is 1.26 bits per heavy atom. The highest BCUT2D eigenvalue weighted by molar-refractivity contribution is 5.90. The monoisotopic (exact) mass is 368 g/mol. The van der Waals surface area contributed by atoms with Crippen LogP contribution in [0.2, 0.25) is 0 Å². The number of hydrogen-bond acceptors (Lipinski definition) is 8. The van der Waals surface area contributed by atoms with Crippen molar-refractivity contribution in [3.63, 3.8) is 0 Å². The first-order chi connectivity index (χ1) is 13.1. The molecule has 9 nitrogen and oxygen atoms in total. The Kier molecular flexibility index (Phi) is 4.59. The van der Waals surface area contributed by atoms with E-state index < -0.39 is 5.56 Å². The van der Waals surface area contributed by atoms with Gasteiger partial charge in [0.25, 0.3) is 5.56 Å². The molecule has 1 saturated heterocycles. The summed E-state index contributed by atoms with van der Waals surface area (Å²) in [6.45, 7) is 5.22. The fourth-order valence-electron chi connectivity index (χ4n) is 3.26. The molecule has 1 aliphatic heterocycles. The predicted octanol–water partition coefficient (Wildman–Crippen LogP) is 1.18. The lowest BCUT2D eigenvalue weighted by Crippen LogP contribution is -2.37. The molecule has 3 aromatic heterocycles. The normalized spacial score (nSPS) is 14.5. The molecule has 0 amide bonds. The topological polar surface area (TPSA) is 105 Å². The van der Waals surface area contributed by atoms with E-state index in [-0.39, 0.29) is 5.65 Å². The molecule has 9 heteroatoms. The maximum Gasteiger partial charge on any atom is 0.286 e. The van der Waals surface area contributed by atoms with Gasteiger partial charge in [-0.25, -0.2) is 15.0 Å². The first kappa shape index (κ1) is 17.2. The number of aromatic nitrogens is 4. The van der Waals surface area contributed by atoms with Crippen LogP contribution in [0.5, 0.6) is 0 Å². The largest absolute Gasteiger partial charge is 0.423 e. The number of pyridine rings is 2. The van der Waals surface area contributed by atoms with E-state index in [2.05, 4.69) is 25.2 Å². The van der Waals surface area contributed by atoms with Crippen LogP contribution in [-0.4, -0.2) is 51.2 Å². The van der Waals surface area contributed by atoms with Gasteiger partial charge < -0.3 is 20.2 Å². The van der Waals surface area contributed by atoms with Crippen LogP contribution < -0.4 is 15.8 Å². The minimum Gasteiger partial charge on any atom is -0.423 e. The highest BCUT2D eigenvalue weighted by Crippen LogP contribution is 2.24. The van der Waals surface area contributed by atoms with E-state index in [1.807, 2.05) is 19.1 Å². The highest BCUT2D eigenvalue weighted by Gasteiger charge is 2.17. The van der Waals surface area contributed by atoms with E-state index in [4.69, 9.17) is 4.74 Å². The molecule has 0 radical (unpaired) electrons. The summed E-state index contributed by atoms with van der Waals surface area (Å²) >= 11 is 0. The lowest BCUT2D eigenvalue weighted by molar-refractivity contribution is 0.122. The Bertz CT molecular complexity index is 1030. The van der Waals surface area contributed by atoms with Crippen LogP contribution in [0.3, 0.4) is 0 Å². The Labute approximate surface area is 155 Å². The highest BCUT2D eigenvalue weighted by atomic mass is 16.5. The summed E-state index contributed by atoms with van der Waals surface area (Å²) in [4.78, 5) is 27.0. The third-order valence-corrected chi connectivity index (χ3v) is 4.61. The number of nitrogens with zero attached hydrogens (tertiary/aromatic N) is 5. The first-order valence-electron chi connectivity index (χ1n) is 8.72. The summed E-state index contributed by atoms with van der Waals surface area (Å²) in [7, 11) is 0. The molecule has 2 N–H and O–H groups in total. The van der Waals surface area contributed by atoms with Crippen molar-refractivity contribution in [3.05, 3.63) is 52.3 Å². The molecular weight excluding hydrogens is 348 g/mol. The lowest BCUT2D eigenvalue weighted by Gasteiger charge is -2.29. The minimum absolute atomic E-state index is 0.178. The van der Waals surface area contributed by atoms with Gasteiger partial charge in [0.2, 0.25) is 0 Å². The second-order valence-corrected chi connectivity index (χ2v) is 6.30. The van der Waals surface area contributed by atoms with Crippen LogP contribution in [0.25, 0.3) is 11.0 Å². The molecule has 1 aliphatic rings. The molecule has 0 atom stereocenters. The fraction of sp³-hybridized carbons (Fsp3) is 0.333. The van der Waals surface area contributed by atoms with Crippen molar-refractivity contribution in [2.45, 2.75) is 13.5 Å². The molecule has 4 heterocycles. The van der Waals surface area contributed by atoms with Crippen LogP contribution in [-0.2, 0) is 11.3 Å². The Hall–Kier alpha value is -3.20. The zero-order chi connectivity index (χ0) is 18.8. The van der Waals surface area contributed by atoms with Crippen molar-refractivity contribution in [1.82, 2.24) is 19.7 Å². The van der Waals surface area contributed by atoms with Gasteiger partial charge in [-0.2, -0.15) is 0 Å². The van der Waals surface area contributed by atoms with Gasteiger partial charge in [0, 0.05) is 37.5 Å². The van der Waals surface area contributed by atoms with E-state index in [1.54, 1.807) is 6.20 Å². The van der Waals surface area contributed by atoms with Crippen molar-refractivity contribution in [3.8, 4) is 0 Å². The van der Waals surface area contributed by atoms with E-state index in [1.165, 1.54) is 12.4 Å². The Morgan fingerprint density at radius 3 is 2.89 bits per heavy atom. The second kappa shape index (κ2) is 7.20. The van der Waals surface area contributed by atoms with Gasteiger partial charge in [-0.1, -0.05) is 6.07 Å². The molecule has 1 fully saturated rings. The average molecular weight is 368 g/mol. The van der Waals surface area contributed by atoms with Crippen molar-refractivity contribution in [2.24, 2.45) is 0 Å². The summed E-state index contributed by atoms with van der Waals surface area (Å²) < 4.78 is 5.96. The number of anilines is 2. The molecule has 0 spiro atoms. The van der Waals surface area contributed by atoms with Crippen LogP contribution in [0, 0.1) is 6.92 Å². The standard InChI is InChI=1S/C18H20N6O3/c1-12-16-14(9-15(25)24(26)18(16)22-11-21-12)20-10-13-3-2-4-19-17(13)23-5-7-27-8-6-23/h2-4,9,11,20,26H,5-8,10H2,1H3. The molecular formula is C18H20N6O3. The van der Waals surface area contributed by atoms with Gasteiger partial charge in [0.05, 0.1) is 30.0 Å². The average Bonchev–Trinajstić information content (AvgIpc) is 2.70. The van der Waals surface area contributed by atoms with Gasteiger partial charge in [0.15, 0.2) is 5.65 Å². The molecule has 0 aliphatic carbocycles. The zero-order valence-corrected chi connectivity index (χ0v) is 14.9. The van der Waals surface area contributed by atoms with Gasteiger partial charge in [-0.3, -0.25) is 4.79 Å². The SMILES string of the molecule is Cc1ncnc2c1c(NCc1cccnc1N1CCOCC1)cc(=O)n2O. The van der Waals surface area contributed by atoms with Gasteiger partial charge in [-0.15, -0.1) is 4.73 Å². The molecule has 0 saturated carbocycles. The van der Waals surface area contributed by atoms with Crippen LogP contribution >= 0.6 is 0 Å². The van der Waals surface area contributed by atoms with Crippen molar-refractivity contribution in [2.75, 3.05) is 36.5 Å². The van der Waals surface area contributed by atoms with E-state index >= 15 is 0 Å². The van der Waals surface area contributed by atoms with Crippen LogP contribution in [0.4, 0.5) is 11.5 Å². The van der Waals surface area contributed by atoms with Gasteiger partial charge >= 0.3 is 0 Å². The summed E-state index contributed by atoms with van der Waals surface area (Å²) in [6.07, 6.45) is 3.10. The lowest BCUT2D eigenvalue weighted by atomic mass is 10.2. The summed E-state index contributed by atoms with van der Waals surface area (Å²) in [5.41, 5.74) is 1.88. The molecule has 140 valence electrons. The second-order valence-electron chi connectivity index (χ2n) is 6.30. The van der Waals surface area contributed by atoms with Crippen LogP contribution in [0.15, 0.2) is 35.5 Å². The third kappa shape index (κ3) is 3.28. The van der Waals surface area contributed by atoms with Crippen molar-refractivity contribution < 1.29 is 9.94 Å². The molecule has 0 unspecified atom stereocenters. The molecule has 3 aromatic rings. The zero-order valence-electron chi connectivity index (χ0n) is 14.9. The number of aryl methyl sites for hydroxylation is 1.